The summed E-state index contributed by atoms with van der Waals surface area (Å²) in [4.78, 5) is 22.1. The lowest BCUT2D eigenvalue weighted by Crippen LogP contribution is -2.22. The maximum Gasteiger partial charge on any atom is 0.305 e. The van der Waals surface area contributed by atoms with Crippen molar-refractivity contribution in [2.75, 3.05) is 7.11 Å². The fourth-order valence-corrected chi connectivity index (χ4v) is 3.85. The molecule has 0 spiro atoms. The molecule has 0 amide bonds. The molecule has 106 valence electrons. The zero-order chi connectivity index (χ0) is 13.7. The van der Waals surface area contributed by atoms with Gasteiger partial charge in [-0.25, -0.2) is 0 Å². The van der Waals surface area contributed by atoms with Crippen molar-refractivity contribution in [3.8, 4) is 0 Å². The number of unbranched alkanes of at least 4 members (excludes halogenated alkanes) is 1. The number of esters is 1. The molecule has 3 nitrogen and oxygen atoms in total. The van der Waals surface area contributed by atoms with Gasteiger partial charge in [0.15, 0.2) is 0 Å². The lowest BCUT2D eigenvalue weighted by molar-refractivity contribution is -0.140. The summed E-state index contributed by atoms with van der Waals surface area (Å²) in [5, 5.41) is 0. The van der Waals surface area contributed by atoms with E-state index >= 15 is 0 Å². The van der Waals surface area contributed by atoms with Crippen molar-refractivity contribution < 1.29 is 14.3 Å². The van der Waals surface area contributed by atoms with Gasteiger partial charge >= 0.3 is 5.97 Å². The summed E-state index contributed by atoms with van der Waals surface area (Å²) in [7, 11) is 1.42. The highest BCUT2D eigenvalue weighted by atomic mass is 16.5. The molecule has 2 fully saturated rings. The van der Waals surface area contributed by atoms with E-state index in [-0.39, 0.29) is 5.97 Å². The summed E-state index contributed by atoms with van der Waals surface area (Å²) in [5.41, 5.74) is 0. The minimum absolute atomic E-state index is 0.137. The molecule has 2 bridgehead atoms. The molecule has 0 N–H and O–H groups in total. The number of ether oxygens (including phenoxy) is 1. The van der Waals surface area contributed by atoms with Gasteiger partial charge in [0.2, 0.25) is 0 Å². The highest BCUT2D eigenvalue weighted by Crippen LogP contribution is 2.52. The van der Waals surface area contributed by atoms with Crippen molar-refractivity contribution in [2.24, 2.45) is 23.7 Å². The van der Waals surface area contributed by atoms with Crippen LogP contribution in [0.5, 0.6) is 0 Å². The summed E-state index contributed by atoms with van der Waals surface area (Å²) in [6, 6.07) is 0. The molecule has 0 aromatic heterocycles. The number of carbonyl (C=O) groups excluding carboxylic acids is 2. The topological polar surface area (TPSA) is 43.4 Å². The normalized spacial score (nSPS) is 32.9. The number of hydrogen-bond donors (Lipinski definition) is 0. The molecule has 0 aromatic carbocycles. The first kappa shape index (κ1) is 14.3. The molecule has 0 unspecified atom stereocenters. The van der Waals surface area contributed by atoms with E-state index in [1.807, 2.05) is 0 Å². The second-order valence-electron chi connectivity index (χ2n) is 5.89. The third-order valence-corrected chi connectivity index (χ3v) is 4.87. The Bertz CT molecular complexity index is 348. The second kappa shape index (κ2) is 6.88. The lowest BCUT2D eigenvalue weighted by atomic mass is 9.78. The molecule has 0 aromatic rings. The number of aldehydes is 1. The summed E-state index contributed by atoms with van der Waals surface area (Å²) in [5.74, 6) is 2.19. The molecule has 2 aliphatic carbocycles. The number of fused-ring (bicyclic) bond motifs is 2. The Labute approximate surface area is 115 Å². The highest BCUT2D eigenvalue weighted by molar-refractivity contribution is 5.69. The quantitative estimate of drug-likeness (QED) is 0.307. The molecule has 3 heteroatoms. The van der Waals surface area contributed by atoms with E-state index in [1.54, 1.807) is 0 Å². The number of carbonyl (C=O) groups is 2. The van der Waals surface area contributed by atoms with Gasteiger partial charge in [0.1, 0.15) is 6.29 Å². The molecule has 19 heavy (non-hydrogen) atoms. The van der Waals surface area contributed by atoms with Crippen molar-refractivity contribution in [3.05, 3.63) is 12.2 Å². The molecule has 0 aliphatic heterocycles. The van der Waals surface area contributed by atoms with Crippen LogP contribution in [0.1, 0.15) is 44.9 Å². The van der Waals surface area contributed by atoms with E-state index in [0.29, 0.717) is 24.2 Å². The average Bonchev–Trinajstić information content (AvgIpc) is 3.02. The van der Waals surface area contributed by atoms with Gasteiger partial charge in [-0.1, -0.05) is 12.2 Å². The van der Waals surface area contributed by atoms with Crippen LogP contribution in [0.25, 0.3) is 0 Å². The van der Waals surface area contributed by atoms with Crippen LogP contribution in [0.3, 0.4) is 0 Å². The van der Waals surface area contributed by atoms with E-state index in [0.717, 1.165) is 25.2 Å². The number of hydrogen-bond acceptors (Lipinski definition) is 3. The fraction of sp³-hybridized carbons (Fsp3) is 0.750. The average molecular weight is 264 g/mol. The van der Waals surface area contributed by atoms with Crippen molar-refractivity contribution >= 4 is 12.3 Å². The van der Waals surface area contributed by atoms with E-state index in [9.17, 15) is 9.59 Å². The molecule has 0 radical (unpaired) electrons. The number of rotatable bonds is 7. The van der Waals surface area contributed by atoms with Crippen LogP contribution < -0.4 is 0 Å². The predicted octanol–water partition coefficient (Wildman–Crippen LogP) is 3.14. The maximum absolute atomic E-state index is 11.2. The zero-order valence-electron chi connectivity index (χ0n) is 11.7. The van der Waals surface area contributed by atoms with Gasteiger partial charge in [0, 0.05) is 12.3 Å². The van der Waals surface area contributed by atoms with E-state index in [4.69, 9.17) is 0 Å². The lowest BCUT2D eigenvalue weighted by Gasteiger charge is -2.26. The van der Waals surface area contributed by atoms with E-state index in [1.165, 1.54) is 32.7 Å². The Morgan fingerprint density at radius 1 is 1.26 bits per heavy atom. The standard InChI is InChI=1S/C16H24O3/c1-19-16(18)7-5-3-2-4-6-14-12-8-9-13(10-12)15(14)11-17/h2,4,11-15H,3,5-10H2,1H3/b4-2-/t12-,13+,14-,15+/m0/s1. The van der Waals surface area contributed by atoms with Gasteiger partial charge in [0.05, 0.1) is 7.11 Å². The van der Waals surface area contributed by atoms with E-state index < -0.39 is 0 Å². The molecular weight excluding hydrogens is 240 g/mol. The summed E-state index contributed by atoms with van der Waals surface area (Å²) in [6.07, 6.45) is 12.7. The van der Waals surface area contributed by atoms with Crippen molar-refractivity contribution in [1.82, 2.24) is 0 Å². The van der Waals surface area contributed by atoms with Crippen LogP contribution in [0.15, 0.2) is 12.2 Å². The minimum Gasteiger partial charge on any atom is -0.469 e. The molecule has 2 aliphatic rings. The molecule has 2 saturated carbocycles. The van der Waals surface area contributed by atoms with Crippen LogP contribution in [0, 0.1) is 23.7 Å². The Morgan fingerprint density at radius 2 is 2.05 bits per heavy atom. The van der Waals surface area contributed by atoms with Gasteiger partial charge in [-0.3, -0.25) is 4.79 Å². The molecule has 0 heterocycles. The Morgan fingerprint density at radius 3 is 2.79 bits per heavy atom. The van der Waals surface area contributed by atoms with Crippen LogP contribution in [-0.4, -0.2) is 19.4 Å². The van der Waals surface area contributed by atoms with Gasteiger partial charge in [-0.2, -0.15) is 0 Å². The Kier molecular flexibility index (Phi) is 5.17. The second-order valence-corrected chi connectivity index (χ2v) is 5.89. The smallest absolute Gasteiger partial charge is 0.305 e. The SMILES string of the molecule is COC(=O)CCC/C=C\C[C@H]1[C@H]2CC[C@H](C2)[C@H]1C=O. The molecule has 2 rings (SSSR count). The van der Waals surface area contributed by atoms with E-state index in [2.05, 4.69) is 16.9 Å². The first-order valence-corrected chi connectivity index (χ1v) is 7.43. The Balaban J connectivity index is 1.67. The summed E-state index contributed by atoms with van der Waals surface area (Å²) < 4.78 is 4.60. The largest absolute Gasteiger partial charge is 0.469 e. The summed E-state index contributed by atoms with van der Waals surface area (Å²) in [6.45, 7) is 0. The highest BCUT2D eigenvalue weighted by Gasteiger charge is 2.46. The van der Waals surface area contributed by atoms with Crippen molar-refractivity contribution in [1.29, 1.82) is 0 Å². The minimum atomic E-state index is -0.137. The molecular formula is C16H24O3. The number of allylic oxidation sites excluding steroid dienone is 2. The monoisotopic (exact) mass is 264 g/mol. The third-order valence-electron chi connectivity index (χ3n) is 4.87. The van der Waals surface area contributed by atoms with Crippen LogP contribution >= 0.6 is 0 Å². The van der Waals surface area contributed by atoms with Crippen molar-refractivity contribution in [3.63, 3.8) is 0 Å². The first-order valence-electron chi connectivity index (χ1n) is 7.43. The Hall–Kier alpha value is -1.12. The van der Waals surface area contributed by atoms with Crippen LogP contribution in [-0.2, 0) is 14.3 Å². The first-order chi connectivity index (χ1) is 9.26. The van der Waals surface area contributed by atoms with Gasteiger partial charge < -0.3 is 9.53 Å². The van der Waals surface area contributed by atoms with Crippen molar-refractivity contribution in [2.45, 2.75) is 44.9 Å². The molecule has 0 saturated heterocycles. The van der Waals surface area contributed by atoms with Gasteiger partial charge in [0.25, 0.3) is 0 Å². The summed E-state index contributed by atoms with van der Waals surface area (Å²) >= 11 is 0. The van der Waals surface area contributed by atoms with Gasteiger partial charge in [-0.05, 0) is 56.3 Å². The maximum atomic E-state index is 11.2. The number of methoxy groups -OCH3 is 1. The predicted molar refractivity (Wildman–Crippen MR) is 73.5 cm³/mol. The van der Waals surface area contributed by atoms with Gasteiger partial charge in [-0.15, -0.1) is 0 Å². The van der Waals surface area contributed by atoms with Crippen LogP contribution in [0.2, 0.25) is 0 Å². The fourth-order valence-electron chi connectivity index (χ4n) is 3.85. The molecule has 4 atom stereocenters. The van der Waals surface area contributed by atoms with Crippen LogP contribution in [0.4, 0.5) is 0 Å². The zero-order valence-corrected chi connectivity index (χ0v) is 11.7. The third kappa shape index (κ3) is 3.46.